The monoisotopic (exact) mass is 232 g/mol. The van der Waals surface area contributed by atoms with Gasteiger partial charge < -0.3 is 14.2 Å². The van der Waals surface area contributed by atoms with Crippen LogP contribution in [0.3, 0.4) is 0 Å². The zero-order valence-electron chi connectivity index (χ0n) is 9.82. The van der Waals surface area contributed by atoms with E-state index in [4.69, 9.17) is 4.74 Å². The van der Waals surface area contributed by atoms with E-state index >= 15 is 0 Å². The van der Waals surface area contributed by atoms with Crippen LogP contribution in [0.5, 0.6) is 5.75 Å². The lowest BCUT2D eigenvalue weighted by atomic mass is 10.2. The number of nitrogens with zero attached hydrogens (tertiary/aromatic N) is 2. The zero-order valence-corrected chi connectivity index (χ0v) is 9.82. The van der Waals surface area contributed by atoms with Crippen molar-refractivity contribution in [3.8, 4) is 5.75 Å². The van der Waals surface area contributed by atoms with Gasteiger partial charge in [0.25, 0.3) is 5.91 Å². The van der Waals surface area contributed by atoms with Crippen LogP contribution in [0.1, 0.15) is 35.4 Å². The first-order valence-electron chi connectivity index (χ1n) is 6.51. The Balaban J connectivity index is 1.76. The molecular weight excluding hydrogens is 216 g/mol. The van der Waals surface area contributed by atoms with E-state index in [9.17, 15) is 4.79 Å². The number of ether oxygens (including phenoxy) is 1. The van der Waals surface area contributed by atoms with E-state index in [1.54, 1.807) is 0 Å². The number of carbonyl (C=O) groups excluding carboxylic acids is 1. The van der Waals surface area contributed by atoms with Crippen molar-refractivity contribution in [2.75, 3.05) is 13.2 Å². The molecule has 4 heteroatoms. The Labute approximate surface area is 100 Å². The molecule has 1 amide bonds. The quantitative estimate of drug-likeness (QED) is 0.734. The minimum atomic E-state index is 0.205. The van der Waals surface area contributed by atoms with Crippen LogP contribution >= 0.6 is 0 Å². The number of amides is 1. The third kappa shape index (κ3) is 1.33. The molecule has 90 valence electrons. The molecule has 0 N–H and O–H groups in total. The third-order valence-electron chi connectivity index (χ3n) is 4.02. The molecule has 1 fully saturated rings. The Bertz CT molecular complexity index is 488. The van der Waals surface area contributed by atoms with Crippen molar-refractivity contribution >= 4 is 5.91 Å². The summed E-state index contributed by atoms with van der Waals surface area (Å²) in [5.41, 5.74) is 2.07. The highest BCUT2D eigenvalue weighted by Gasteiger charge is 2.37. The summed E-state index contributed by atoms with van der Waals surface area (Å²) in [4.78, 5) is 14.4. The normalized spacial score (nSPS) is 23.1. The molecule has 1 aromatic heterocycles. The van der Waals surface area contributed by atoms with Gasteiger partial charge in [0.1, 0.15) is 11.4 Å². The summed E-state index contributed by atoms with van der Waals surface area (Å²) >= 11 is 0. The van der Waals surface area contributed by atoms with Gasteiger partial charge in [-0.1, -0.05) is 0 Å². The predicted molar refractivity (Wildman–Crippen MR) is 62.3 cm³/mol. The molecule has 0 atom stereocenters. The van der Waals surface area contributed by atoms with Crippen LogP contribution in [0.15, 0.2) is 6.07 Å². The van der Waals surface area contributed by atoms with Gasteiger partial charge in [0.15, 0.2) is 0 Å². The zero-order chi connectivity index (χ0) is 11.4. The fraction of sp³-hybridized carbons (Fsp3) is 0.615. The van der Waals surface area contributed by atoms with Crippen molar-refractivity contribution in [1.82, 2.24) is 9.47 Å². The van der Waals surface area contributed by atoms with Crippen LogP contribution in [0.25, 0.3) is 0 Å². The first-order valence-corrected chi connectivity index (χ1v) is 6.51. The molecule has 3 heterocycles. The number of carbonyl (C=O) groups is 1. The Morgan fingerprint density at radius 2 is 2.18 bits per heavy atom. The fourth-order valence-corrected chi connectivity index (χ4v) is 2.99. The molecule has 0 unspecified atom stereocenters. The van der Waals surface area contributed by atoms with Crippen molar-refractivity contribution in [3.63, 3.8) is 0 Å². The van der Waals surface area contributed by atoms with E-state index in [1.807, 2.05) is 11.0 Å². The van der Waals surface area contributed by atoms with Crippen molar-refractivity contribution in [1.29, 1.82) is 0 Å². The van der Waals surface area contributed by atoms with Crippen LogP contribution in [0.4, 0.5) is 0 Å². The minimum Gasteiger partial charge on any atom is -0.492 e. The van der Waals surface area contributed by atoms with Crippen LogP contribution < -0.4 is 4.74 Å². The summed E-state index contributed by atoms with van der Waals surface area (Å²) in [5, 5.41) is 0. The lowest BCUT2D eigenvalue weighted by Crippen LogP contribution is -2.41. The highest BCUT2D eigenvalue weighted by Crippen LogP contribution is 2.35. The summed E-state index contributed by atoms with van der Waals surface area (Å²) in [6.07, 6.45) is 4.48. The van der Waals surface area contributed by atoms with Crippen molar-refractivity contribution in [3.05, 3.63) is 17.5 Å². The number of aromatic nitrogens is 1. The average molecular weight is 232 g/mol. The maximum atomic E-state index is 12.4. The van der Waals surface area contributed by atoms with Crippen LogP contribution in [0, 0.1) is 0 Å². The van der Waals surface area contributed by atoms with Gasteiger partial charge in [-0.3, -0.25) is 4.79 Å². The molecule has 4 nitrogen and oxygen atoms in total. The van der Waals surface area contributed by atoms with E-state index in [2.05, 4.69) is 4.57 Å². The summed E-state index contributed by atoms with van der Waals surface area (Å²) < 4.78 is 7.82. The summed E-state index contributed by atoms with van der Waals surface area (Å²) in [7, 11) is 0. The van der Waals surface area contributed by atoms with E-state index < -0.39 is 0 Å². The summed E-state index contributed by atoms with van der Waals surface area (Å²) in [5.74, 6) is 1.15. The van der Waals surface area contributed by atoms with Crippen molar-refractivity contribution < 1.29 is 9.53 Å². The van der Waals surface area contributed by atoms with E-state index in [1.165, 1.54) is 18.5 Å². The van der Waals surface area contributed by atoms with Crippen molar-refractivity contribution in [2.24, 2.45) is 0 Å². The second kappa shape index (κ2) is 3.28. The Morgan fingerprint density at radius 1 is 1.29 bits per heavy atom. The summed E-state index contributed by atoms with van der Waals surface area (Å²) in [6.45, 7) is 2.60. The molecule has 1 aliphatic carbocycles. The van der Waals surface area contributed by atoms with Crippen LogP contribution in [-0.2, 0) is 13.0 Å². The molecule has 0 radical (unpaired) electrons. The van der Waals surface area contributed by atoms with Gasteiger partial charge in [0, 0.05) is 25.2 Å². The Hall–Kier alpha value is -1.45. The van der Waals surface area contributed by atoms with E-state index in [-0.39, 0.29) is 5.91 Å². The standard InChI is InChI=1S/C13H16N2O2/c16-13-11-8-12-10(2-1-7-17-12)15(11)6-5-14(13)9-3-4-9/h8-9H,1-7H2. The lowest BCUT2D eigenvalue weighted by Gasteiger charge is -2.29. The van der Waals surface area contributed by atoms with Gasteiger partial charge in [-0.2, -0.15) is 0 Å². The third-order valence-corrected chi connectivity index (χ3v) is 4.02. The molecule has 17 heavy (non-hydrogen) atoms. The predicted octanol–water partition coefficient (Wildman–Crippen LogP) is 1.43. The van der Waals surface area contributed by atoms with E-state index in [0.717, 1.165) is 44.0 Å². The SMILES string of the molecule is O=C1c2cc3c(n2CCN1C1CC1)CCCO3. The fourth-order valence-electron chi connectivity index (χ4n) is 2.99. The average Bonchev–Trinajstić information content (AvgIpc) is 3.11. The van der Waals surface area contributed by atoms with Gasteiger partial charge in [-0.05, 0) is 25.7 Å². The second-order valence-electron chi connectivity index (χ2n) is 5.17. The van der Waals surface area contributed by atoms with Gasteiger partial charge in [-0.15, -0.1) is 0 Å². The van der Waals surface area contributed by atoms with Gasteiger partial charge in [0.2, 0.25) is 0 Å². The number of rotatable bonds is 1. The highest BCUT2D eigenvalue weighted by atomic mass is 16.5. The first-order chi connectivity index (χ1) is 8.34. The molecular formula is C13H16N2O2. The number of hydrogen-bond acceptors (Lipinski definition) is 2. The van der Waals surface area contributed by atoms with Gasteiger partial charge in [-0.25, -0.2) is 0 Å². The molecule has 0 bridgehead atoms. The van der Waals surface area contributed by atoms with Crippen LogP contribution in [0.2, 0.25) is 0 Å². The second-order valence-corrected chi connectivity index (χ2v) is 5.17. The molecule has 0 spiro atoms. The van der Waals surface area contributed by atoms with E-state index in [0.29, 0.717) is 6.04 Å². The number of fused-ring (bicyclic) bond motifs is 3. The minimum absolute atomic E-state index is 0.205. The first kappa shape index (κ1) is 9.57. The van der Waals surface area contributed by atoms with Crippen LogP contribution in [-0.4, -0.2) is 34.6 Å². The molecule has 2 aliphatic heterocycles. The molecule has 1 saturated carbocycles. The maximum absolute atomic E-state index is 12.4. The van der Waals surface area contributed by atoms with Gasteiger partial charge in [0.05, 0.1) is 12.3 Å². The molecule has 1 aromatic rings. The summed E-state index contributed by atoms with van der Waals surface area (Å²) in [6, 6.07) is 2.47. The highest BCUT2D eigenvalue weighted by molar-refractivity contribution is 5.94. The smallest absolute Gasteiger partial charge is 0.270 e. The van der Waals surface area contributed by atoms with Crippen molar-refractivity contribution in [2.45, 2.75) is 38.3 Å². The molecule has 0 aromatic carbocycles. The Morgan fingerprint density at radius 3 is 3.00 bits per heavy atom. The topological polar surface area (TPSA) is 34.5 Å². The Kier molecular flexibility index (Phi) is 1.84. The largest absolute Gasteiger partial charge is 0.492 e. The van der Waals surface area contributed by atoms with Gasteiger partial charge >= 0.3 is 0 Å². The maximum Gasteiger partial charge on any atom is 0.270 e. The molecule has 0 saturated heterocycles. The molecule has 4 rings (SSSR count). The number of hydrogen-bond donors (Lipinski definition) is 0. The molecule has 3 aliphatic rings. The lowest BCUT2D eigenvalue weighted by molar-refractivity contribution is 0.0689.